The summed E-state index contributed by atoms with van der Waals surface area (Å²) in [5.41, 5.74) is 4.19. The first-order valence-electron chi connectivity index (χ1n) is 5.36. The molecule has 3 N–H and O–H groups in total. The van der Waals surface area contributed by atoms with Gasteiger partial charge in [0.25, 0.3) is 0 Å². The molecule has 0 aliphatic heterocycles. The molecule has 20 heavy (non-hydrogen) atoms. The van der Waals surface area contributed by atoms with E-state index in [0.29, 0.717) is 0 Å². The minimum absolute atomic E-state index is 0.0169. The lowest BCUT2D eigenvalue weighted by Gasteiger charge is -2.11. The number of nitrogen functional groups attached to an aromatic ring is 1. The van der Waals surface area contributed by atoms with Gasteiger partial charge < -0.3 is 10.5 Å². The van der Waals surface area contributed by atoms with Gasteiger partial charge in [-0.1, -0.05) is 0 Å². The first-order valence-corrected chi connectivity index (χ1v) is 5.36. The lowest BCUT2D eigenvalue weighted by atomic mass is 10.1. The van der Waals surface area contributed by atoms with Gasteiger partial charge in [-0.15, -0.1) is 5.10 Å². The van der Waals surface area contributed by atoms with Gasteiger partial charge in [0.1, 0.15) is 17.9 Å². The third-order valence-corrected chi connectivity index (χ3v) is 2.38. The molecule has 6 nitrogen and oxygen atoms in total. The van der Waals surface area contributed by atoms with E-state index in [1.54, 1.807) is 7.05 Å². The summed E-state index contributed by atoms with van der Waals surface area (Å²) in [6.45, 7) is 0. The summed E-state index contributed by atoms with van der Waals surface area (Å²) < 4.78 is 44.4. The second-order valence-electron chi connectivity index (χ2n) is 3.93. The molecule has 0 bridgehead atoms. The van der Waals surface area contributed by atoms with Gasteiger partial charge in [0.2, 0.25) is 0 Å². The molecule has 0 spiro atoms. The summed E-state index contributed by atoms with van der Waals surface area (Å²) in [4.78, 5) is 3.78. The Morgan fingerprint density at radius 2 is 2.10 bits per heavy atom. The molecule has 1 aromatic heterocycles. The topological polar surface area (TPSA) is 89.8 Å². The smallest absolute Gasteiger partial charge is 0.416 e. The number of halogens is 3. The van der Waals surface area contributed by atoms with Crippen LogP contribution in [0, 0.1) is 5.41 Å². The van der Waals surface area contributed by atoms with E-state index in [1.165, 1.54) is 11.0 Å². The summed E-state index contributed by atoms with van der Waals surface area (Å²) in [6, 6.07) is 2.62. The molecule has 2 aromatic rings. The van der Waals surface area contributed by atoms with Gasteiger partial charge in [-0.2, -0.15) is 18.2 Å². The van der Waals surface area contributed by atoms with Crippen molar-refractivity contribution in [3.05, 3.63) is 35.7 Å². The van der Waals surface area contributed by atoms with Crippen LogP contribution in [0.1, 0.15) is 11.1 Å². The number of nitrogens with zero attached hydrogens (tertiary/aromatic N) is 3. The van der Waals surface area contributed by atoms with Crippen LogP contribution in [-0.4, -0.2) is 20.6 Å². The van der Waals surface area contributed by atoms with Gasteiger partial charge in [-0.05, 0) is 18.2 Å². The zero-order valence-electron chi connectivity index (χ0n) is 10.3. The number of benzene rings is 1. The van der Waals surface area contributed by atoms with Crippen LogP contribution in [0.3, 0.4) is 0 Å². The van der Waals surface area contributed by atoms with Crippen LogP contribution in [0.15, 0.2) is 24.5 Å². The second-order valence-corrected chi connectivity index (χ2v) is 3.93. The third kappa shape index (κ3) is 2.87. The molecule has 0 fully saturated rings. The van der Waals surface area contributed by atoms with E-state index in [-0.39, 0.29) is 17.3 Å². The molecule has 0 amide bonds. The molecule has 0 aliphatic carbocycles. The highest BCUT2D eigenvalue weighted by molar-refractivity contribution is 5.97. The van der Waals surface area contributed by atoms with E-state index in [0.717, 1.165) is 18.2 Å². The number of rotatable bonds is 3. The number of nitrogens with two attached hydrogens (primary N) is 1. The van der Waals surface area contributed by atoms with Crippen molar-refractivity contribution in [1.29, 1.82) is 5.41 Å². The zero-order valence-corrected chi connectivity index (χ0v) is 10.3. The fourth-order valence-electron chi connectivity index (χ4n) is 1.47. The van der Waals surface area contributed by atoms with Crippen LogP contribution in [-0.2, 0) is 13.2 Å². The first kappa shape index (κ1) is 13.8. The molecule has 0 unspecified atom stereocenters. The van der Waals surface area contributed by atoms with Crippen LogP contribution < -0.4 is 10.5 Å². The normalized spacial score (nSPS) is 11.4. The minimum atomic E-state index is -4.52. The van der Waals surface area contributed by atoms with Crippen molar-refractivity contribution in [2.45, 2.75) is 6.18 Å². The van der Waals surface area contributed by atoms with E-state index in [9.17, 15) is 13.2 Å². The summed E-state index contributed by atoms with van der Waals surface area (Å²) >= 11 is 0. The highest BCUT2D eigenvalue weighted by atomic mass is 19.4. The van der Waals surface area contributed by atoms with Crippen molar-refractivity contribution in [3.8, 4) is 11.8 Å². The van der Waals surface area contributed by atoms with Crippen LogP contribution in [0.4, 0.5) is 13.2 Å². The highest BCUT2D eigenvalue weighted by Gasteiger charge is 2.31. The summed E-state index contributed by atoms with van der Waals surface area (Å²) in [5, 5.41) is 11.2. The fraction of sp³-hybridized carbons (Fsp3) is 0.182. The van der Waals surface area contributed by atoms with Crippen molar-refractivity contribution < 1.29 is 17.9 Å². The average molecular weight is 285 g/mol. The number of alkyl halides is 3. The van der Waals surface area contributed by atoms with Gasteiger partial charge in [0.15, 0.2) is 0 Å². The molecule has 2 rings (SSSR count). The number of hydrogen-bond donors (Lipinski definition) is 2. The Bertz CT molecular complexity index is 650. The minimum Gasteiger partial charge on any atom is -0.422 e. The van der Waals surface area contributed by atoms with Gasteiger partial charge in [-0.3, -0.25) is 10.1 Å². The quantitative estimate of drug-likeness (QED) is 0.666. The molecule has 1 aromatic carbocycles. The molecular weight excluding hydrogens is 275 g/mol. The zero-order chi connectivity index (χ0) is 14.9. The van der Waals surface area contributed by atoms with Crippen molar-refractivity contribution >= 4 is 5.84 Å². The summed E-state index contributed by atoms with van der Waals surface area (Å²) in [6.07, 6.45) is -3.15. The largest absolute Gasteiger partial charge is 0.422 e. The van der Waals surface area contributed by atoms with Crippen molar-refractivity contribution in [2.75, 3.05) is 0 Å². The molecule has 1 heterocycles. The van der Waals surface area contributed by atoms with Crippen LogP contribution >= 0.6 is 0 Å². The number of aromatic nitrogens is 3. The van der Waals surface area contributed by atoms with E-state index >= 15 is 0 Å². The van der Waals surface area contributed by atoms with Crippen LogP contribution in [0.2, 0.25) is 0 Å². The van der Waals surface area contributed by atoms with Crippen molar-refractivity contribution in [1.82, 2.24) is 14.8 Å². The monoisotopic (exact) mass is 285 g/mol. The number of nitrogens with one attached hydrogen (secondary N) is 1. The Morgan fingerprint density at radius 3 is 2.60 bits per heavy atom. The Balaban J connectivity index is 2.40. The van der Waals surface area contributed by atoms with Gasteiger partial charge in [0, 0.05) is 7.05 Å². The predicted octanol–water partition coefficient (Wildman–Crippen LogP) is 1.91. The van der Waals surface area contributed by atoms with E-state index in [1.807, 2.05) is 0 Å². The Hall–Kier alpha value is -2.58. The number of ether oxygens (including phenoxy) is 1. The van der Waals surface area contributed by atoms with E-state index in [2.05, 4.69) is 10.1 Å². The van der Waals surface area contributed by atoms with Crippen LogP contribution in [0.5, 0.6) is 11.8 Å². The Kier molecular flexibility index (Phi) is 3.35. The molecule has 0 saturated heterocycles. The van der Waals surface area contributed by atoms with Gasteiger partial charge in [-0.25, -0.2) is 0 Å². The predicted molar refractivity (Wildman–Crippen MR) is 63.5 cm³/mol. The second kappa shape index (κ2) is 4.83. The van der Waals surface area contributed by atoms with E-state index < -0.39 is 17.6 Å². The van der Waals surface area contributed by atoms with E-state index in [4.69, 9.17) is 15.9 Å². The average Bonchev–Trinajstić information content (AvgIpc) is 2.73. The SMILES string of the molecule is Cn1cnc(Oc2ccc(C(F)(F)F)cc2C(=N)N)n1. The van der Waals surface area contributed by atoms with Gasteiger partial charge in [0.05, 0.1) is 11.1 Å². The standard InChI is InChI=1S/C11H10F3N5O/c1-19-5-17-10(18-19)20-8-3-2-6(11(12,13)14)4-7(8)9(15)16/h2-5H,1H3,(H3,15,16). The molecule has 106 valence electrons. The molecule has 0 aliphatic rings. The van der Waals surface area contributed by atoms with Crippen molar-refractivity contribution in [3.63, 3.8) is 0 Å². The summed E-state index contributed by atoms with van der Waals surface area (Å²) in [5.74, 6) is -0.557. The maximum Gasteiger partial charge on any atom is 0.416 e. The van der Waals surface area contributed by atoms with Gasteiger partial charge >= 0.3 is 12.2 Å². The number of hydrogen-bond acceptors (Lipinski definition) is 4. The number of aryl methyl sites for hydroxylation is 1. The summed E-state index contributed by atoms with van der Waals surface area (Å²) in [7, 11) is 1.61. The maximum atomic E-state index is 12.6. The lowest BCUT2D eigenvalue weighted by molar-refractivity contribution is -0.137. The molecule has 0 atom stereocenters. The Morgan fingerprint density at radius 1 is 1.40 bits per heavy atom. The molecular formula is C11H10F3N5O. The third-order valence-electron chi connectivity index (χ3n) is 2.38. The molecule has 9 heteroatoms. The highest BCUT2D eigenvalue weighted by Crippen LogP contribution is 2.33. The Labute approximate surface area is 111 Å². The first-order chi connectivity index (χ1) is 9.27. The fourth-order valence-corrected chi connectivity index (χ4v) is 1.47. The van der Waals surface area contributed by atoms with Crippen molar-refractivity contribution in [2.24, 2.45) is 12.8 Å². The van der Waals surface area contributed by atoms with Crippen LogP contribution in [0.25, 0.3) is 0 Å². The lowest BCUT2D eigenvalue weighted by Crippen LogP contribution is -2.15. The maximum absolute atomic E-state index is 12.6. The number of amidine groups is 1. The molecule has 0 saturated carbocycles. The molecule has 0 radical (unpaired) electrons.